The molecule has 22 heteroatoms. The molecule has 4 aromatic heterocycles. The number of thiol groups is 1. The van der Waals surface area contributed by atoms with Crippen LogP contribution in [0.15, 0.2) is 23.8 Å². The molecule has 5 heterocycles. The van der Waals surface area contributed by atoms with Gasteiger partial charge in [0.25, 0.3) is 5.56 Å². The van der Waals surface area contributed by atoms with Crippen molar-refractivity contribution in [2.45, 2.75) is 55.8 Å². The fourth-order valence-electron chi connectivity index (χ4n) is 8.49. The number of nitrogens with two attached hydrogens (primary N) is 1. The number of nitrogen functional groups attached to an aromatic ring is 1. The smallest absolute Gasteiger partial charge is 0.388 e. The molecule has 0 aromatic carbocycles. The van der Waals surface area contributed by atoms with Crippen LogP contribution in [0.4, 0.5) is 5.82 Å². The predicted molar refractivity (Wildman–Crippen MR) is 162 cm³/mol. The van der Waals surface area contributed by atoms with E-state index in [9.17, 15) is 29.0 Å². The van der Waals surface area contributed by atoms with Gasteiger partial charge in [-0.15, -0.1) is 0 Å². The quantitative estimate of drug-likeness (QED) is 0.122. The minimum Gasteiger partial charge on any atom is -0.388 e. The van der Waals surface area contributed by atoms with E-state index in [2.05, 4.69) is 42.2 Å². The number of aliphatic hydroxyl groups is 2. The molecular formula is C25H29N9O10P2S. The van der Waals surface area contributed by atoms with Crippen molar-refractivity contribution < 1.29 is 42.3 Å². The maximum Gasteiger partial charge on any atom is 0.472 e. The third-order valence-electron chi connectivity index (χ3n) is 10.7. The molecule has 0 amide bonds. The van der Waals surface area contributed by atoms with Crippen molar-refractivity contribution in [3.63, 3.8) is 0 Å². The molecule has 1 saturated heterocycles. The number of phosphoric ester groups is 1. The van der Waals surface area contributed by atoms with Gasteiger partial charge in [0.1, 0.15) is 42.1 Å². The van der Waals surface area contributed by atoms with E-state index in [-0.39, 0.29) is 29.5 Å². The standard InChI is InChI=1S/C25H29N9O10P2S/c1-9-31-22-14(23(37)32-9)29-7-33(22)15-12-2-24(12)5-42-46(40,47)43-17-10(4-41-45(38,39)44-19(24)16(15)35)11-3-25(11,18(17)36)34-8-30-13-20(26)27-6-28-21(13)34/h6-8,10-12,15-19,35-36H,2-5H2,1H3,(H,38,39)(H,40,47)(H2,26,27,28)(H,31,32,37)/t10-,11-,12+,15+,16-,17+,18+,19-,24?,25?,46?/m0/s1. The lowest BCUT2D eigenvalue weighted by molar-refractivity contribution is -0.0502. The minimum atomic E-state index is -4.86. The number of hydrogen-bond acceptors (Lipinski definition) is 15. The van der Waals surface area contributed by atoms with E-state index in [1.807, 2.05) is 0 Å². The Morgan fingerprint density at radius 1 is 1.06 bits per heavy atom. The first-order chi connectivity index (χ1) is 22.3. The van der Waals surface area contributed by atoms with Gasteiger partial charge in [0.05, 0.1) is 37.4 Å². The number of aromatic amines is 1. The van der Waals surface area contributed by atoms with Crippen LogP contribution < -0.4 is 11.3 Å². The van der Waals surface area contributed by atoms with E-state index in [1.54, 1.807) is 16.1 Å². The molecule has 4 unspecified atom stereocenters. The summed E-state index contributed by atoms with van der Waals surface area (Å²) in [5.74, 6) is -1.09. The van der Waals surface area contributed by atoms with Crippen molar-refractivity contribution in [3.05, 3.63) is 35.2 Å². The number of nitrogens with zero attached hydrogens (tertiary/aromatic N) is 7. The first-order valence-corrected chi connectivity index (χ1v) is 19.0. The summed E-state index contributed by atoms with van der Waals surface area (Å²) in [5.41, 5.74) is 4.37. The zero-order chi connectivity index (χ0) is 32.8. The van der Waals surface area contributed by atoms with Crippen LogP contribution in [-0.2, 0) is 32.8 Å². The van der Waals surface area contributed by atoms with Gasteiger partial charge in [-0.2, -0.15) is 0 Å². The normalized spacial score (nSPS) is 44.3. The van der Waals surface area contributed by atoms with Crippen molar-refractivity contribution in [2.75, 3.05) is 18.9 Å². The Balaban J connectivity index is 1.05. The molecule has 0 radical (unpaired) electrons. The molecule has 1 spiro atoms. The lowest BCUT2D eigenvalue weighted by Crippen LogP contribution is -2.41. The molecule has 4 saturated carbocycles. The van der Waals surface area contributed by atoms with Gasteiger partial charge in [0.15, 0.2) is 22.6 Å². The topological polar surface area (TPSA) is 265 Å². The molecule has 1 aliphatic heterocycles. The SMILES string of the molecule is Cc1nc2c(ncn2[C@H]2[C@H](O)[C@@H]3OP(=O)(O)OC[C@@H]4[C@@H](OP(=O)(S)OCC35C[C@H]25)[C@@H](O)C2(n3cnc5c(N)ncnc53)C[C@@H]42)c(=O)[nH]1. The van der Waals surface area contributed by atoms with Gasteiger partial charge < -0.3 is 39.5 Å². The molecule has 4 aliphatic carbocycles. The summed E-state index contributed by atoms with van der Waals surface area (Å²) in [6.45, 7) is -3.36. The summed E-state index contributed by atoms with van der Waals surface area (Å²) in [6.07, 6.45) is -0.351. The molecule has 4 aromatic rings. The maximum atomic E-state index is 13.8. The molecule has 6 N–H and O–H groups in total. The van der Waals surface area contributed by atoms with Crippen LogP contribution in [0.2, 0.25) is 0 Å². The second-order valence-corrected chi connectivity index (χ2v) is 17.3. The summed E-state index contributed by atoms with van der Waals surface area (Å²) in [7, 11) is -4.86. The van der Waals surface area contributed by atoms with Gasteiger partial charge in [-0.05, 0) is 31.6 Å². The fraction of sp³-hybridized carbons (Fsp3) is 0.600. The molecule has 12 atom stereocenters. The summed E-state index contributed by atoms with van der Waals surface area (Å²) in [5, 5.41) is 23.3. The van der Waals surface area contributed by atoms with Gasteiger partial charge in [0.2, 0.25) is 0 Å². The van der Waals surface area contributed by atoms with Crippen LogP contribution in [0.5, 0.6) is 0 Å². The highest BCUT2D eigenvalue weighted by Crippen LogP contribution is 2.74. The fourth-order valence-corrected chi connectivity index (χ4v) is 11.1. The number of fused-ring (bicyclic) bond motifs is 5. The first kappa shape index (κ1) is 30.3. The highest BCUT2D eigenvalue weighted by Gasteiger charge is 2.76. The van der Waals surface area contributed by atoms with Crippen LogP contribution in [0, 0.1) is 30.1 Å². The van der Waals surface area contributed by atoms with E-state index in [1.165, 1.54) is 19.0 Å². The Bertz CT molecular complexity index is 2150. The molecular weight excluding hydrogens is 680 g/mol. The number of aryl methyl sites for hydroxylation is 1. The van der Waals surface area contributed by atoms with Gasteiger partial charge in [0, 0.05) is 11.3 Å². The number of hydrogen-bond donors (Lipinski definition) is 6. The third-order valence-corrected chi connectivity index (χ3v) is 13.3. The zero-order valence-electron chi connectivity index (χ0n) is 24.4. The Kier molecular flexibility index (Phi) is 6.24. The molecule has 0 bridgehead atoms. The lowest BCUT2D eigenvalue weighted by atomic mass is 10.0. The van der Waals surface area contributed by atoms with Gasteiger partial charge in [-0.1, -0.05) is 12.2 Å². The Morgan fingerprint density at radius 2 is 1.85 bits per heavy atom. The van der Waals surface area contributed by atoms with Crippen LogP contribution in [-0.4, -0.2) is 91.8 Å². The lowest BCUT2D eigenvalue weighted by Gasteiger charge is -2.33. The number of anilines is 1. The molecule has 9 rings (SSSR count). The van der Waals surface area contributed by atoms with Crippen molar-refractivity contribution >= 4 is 55.0 Å². The summed E-state index contributed by atoms with van der Waals surface area (Å²) in [6, 6.07) is -0.788. The van der Waals surface area contributed by atoms with Gasteiger partial charge in [-0.25, -0.2) is 34.0 Å². The average Bonchev–Trinajstić information content (AvgIpc) is 3.72. The summed E-state index contributed by atoms with van der Waals surface area (Å²) >= 11 is 4.25. The van der Waals surface area contributed by atoms with Gasteiger partial charge >= 0.3 is 14.6 Å². The highest BCUT2D eigenvalue weighted by atomic mass is 32.7. The third kappa shape index (κ3) is 4.20. The molecule has 19 nitrogen and oxygen atoms in total. The van der Waals surface area contributed by atoms with E-state index in [4.69, 9.17) is 23.8 Å². The number of aliphatic hydroxyl groups excluding tert-OH is 2. The van der Waals surface area contributed by atoms with Crippen LogP contribution in [0.3, 0.4) is 0 Å². The number of rotatable bonds is 2. The van der Waals surface area contributed by atoms with E-state index in [0.29, 0.717) is 29.8 Å². The Labute approximate surface area is 269 Å². The van der Waals surface area contributed by atoms with Crippen molar-refractivity contribution in [1.29, 1.82) is 0 Å². The highest BCUT2D eigenvalue weighted by molar-refractivity contribution is 8.44. The van der Waals surface area contributed by atoms with Crippen LogP contribution in [0.25, 0.3) is 22.3 Å². The van der Waals surface area contributed by atoms with E-state index in [0.717, 1.165) is 0 Å². The molecule has 5 aliphatic rings. The Morgan fingerprint density at radius 3 is 2.66 bits per heavy atom. The van der Waals surface area contributed by atoms with Crippen molar-refractivity contribution in [1.82, 2.24) is 39.0 Å². The second-order valence-electron chi connectivity index (χ2n) is 13.1. The number of aromatic nitrogens is 8. The van der Waals surface area contributed by atoms with Crippen LogP contribution >= 0.6 is 26.9 Å². The number of imidazole rings is 2. The maximum absolute atomic E-state index is 13.8. The molecule has 250 valence electrons. The minimum absolute atomic E-state index is 0.0610. The van der Waals surface area contributed by atoms with Gasteiger partial charge in [-0.3, -0.25) is 18.4 Å². The van der Waals surface area contributed by atoms with Crippen molar-refractivity contribution in [3.8, 4) is 0 Å². The largest absolute Gasteiger partial charge is 0.472 e. The number of H-pyrrole nitrogens is 1. The molecule has 5 fully saturated rings. The van der Waals surface area contributed by atoms with Crippen LogP contribution in [0.1, 0.15) is 24.7 Å². The summed E-state index contributed by atoms with van der Waals surface area (Å²) < 4.78 is 53.5. The van der Waals surface area contributed by atoms with E-state index < -0.39 is 80.0 Å². The Hall–Kier alpha value is -2.77. The number of phosphoric acid groups is 1. The second kappa shape index (κ2) is 9.68. The van der Waals surface area contributed by atoms with Crippen molar-refractivity contribution in [2.24, 2.45) is 23.2 Å². The number of nitrogens with one attached hydrogen (secondary N) is 1. The average molecular weight is 710 g/mol. The molecule has 47 heavy (non-hydrogen) atoms. The summed E-state index contributed by atoms with van der Waals surface area (Å²) in [4.78, 5) is 47.2. The monoisotopic (exact) mass is 709 g/mol. The first-order valence-electron chi connectivity index (χ1n) is 14.8. The predicted octanol–water partition coefficient (Wildman–Crippen LogP) is 0.433. The van der Waals surface area contributed by atoms with E-state index >= 15 is 0 Å². The zero-order valence-corrected chi connectivity index (χ0v) is 27.1.